The van der Waals surface area contributed by atoms with Gasteiger partial charge < -0.3 is 59.4 Å². The van der Waals surface area contributed by atoms with Crippen molar-refractivity contribution in [1.82, 2.24) is 9.80 Å². The zero-order valence-corrected chi connectivity index (χ0v) is 46.5. The first kappa shape index (κ1) is 57.8. The quantitative estimate of drug-likeness (QED) is 0.122. The number of amides is 2. The molecule has 6 aliphatic rings. The molecule has 9 atom stereocenters. The van der Waals surface area contributed by atoms with E-state index in [0.29, 0.717) is 70.1 Å². The molecule has 1 unspecified atom stereocenters. The third-order valence-corrected chi connectivity index (χ3v) is 16.5. The van der Waals surface area contributed by atoms with Gasteiger partial charge in [0.25, 0.3) is 11.7 Å². The third kappa shape index (κ3) is 11.7. The number of methoxy groups -OCH3 is 1. The second-order valence-electron chi connectivity index (χ2n) is 22.6. The number of nitrogens with zero attached hydrogens (tertiary/aromatic N) is 5. The van der Waals surface area contributed by atoms with Crippen LogP contribution in [0.3, 0.4) is 0 Å². The second kappa shape index (κ2) is 23.5. The Morgan fingerprint density at radius 3 is 2.27 bits per heavy atom. The van der Waals surface area contributed by atoms with E-state index in [1.807, 2.05) is 0 Å². The molecular weight excluding hydrogens is 1000 g/mol. The number of piperidine rings is 1. The van der Waals surface area contributed by atoms with Crippen LogP contribution < -0.4 is 25.7 Å². The number of carbonyl (C=O) groups is 4. The number of aliphatic hydroxyl groups excluding tert-OH is 2. The van der Waals surface area contributed by atoms with E-state index in [-0.39, 0.29) is 68.5 Å². The second-order valence-corrected chi connectivity index (χ2v) is 22.6. The lowest BCUT2D eigenvalue weighted by Crippen LogP contribution is -2.47. The molecule has 6 aliphatic heterocycles. The number of halogens is 1. The van der Waals surface area contributed by atoms with Crippen molar-refractivity contribution in [3.05, 3.63) is 88.1 Å². The molecule has 18 nitrogen and oxygen atoms in total. The number of esters is 1. The average Bonchev–Trinajstić information content (AvgIpc) is 3.99. The van der Waals surface area contributed by atoms with Crippen molar-refractivity contribution in [2.75, 3.05) is 63.1 Å². The molecule has 78 heavy (non-hydrogen) atoms. The molecule has 1 spiro atoms. The van der Waals surface area contributed by atoms with Crippen molar-refractivity contribution >= 4 is 45.7 Å². The third-order valence-electron chi connectivity index (χ3n) is 16.5. The number of ketones is 1. The van der Waals surface area contributed by atoms with Crippen LogP contribution in [0.2, 0.25) is 0 Å². The molecule has 0 radical (unpaired) electrons. The van der Waals surface area contributed by atoms with Crippen LogP contribution in [0.15, 0.2) is 70.4 Å². The number of nitrogens with one attached hydrogen (secondary N) is 1. The number of carbonyl (C=O) groups excluding carboxylic acids is 4. The van der Waals surface area contributed by atoms with E-state index in [2.05, 4.69) is 34.0 Å². The Balaban J connectivity index is 1.12. The number of rotatable bonds is 8. The van der Waals surface area contributed by atoms with Crippen molar-refractivity contribution in [1.29, 1.82) is 0 Å². The molecule has 2 fully saturated rings. The maximum absolute atomic E-state index is 15.0. The van der Waals surface area contributed by atoms with Crippen LogP contribution in [-0.4, -0.2) is 143 Å². The van der Waals surface area contributed by atoms with Gasteiger partial charge in [-0.1, -0.05) is 59.8 Å². The number of aliphatic hydroxyl groups is 2. The van der Waals surface area contributed by atoms with Crippen molar-refractivity contribution < 1.29 is 62.9 Å². The van der Waals surface area contributed by atoms with Crippen LogP contribution in [0.1, 0.15) is 103 Å². The Kier molecular flexibility index (Phi) is 17.4. The van der Waals surface area contributed by atoms with Crippen LogP contribution >= 0.6 is 0 Å². The number of allylic oxidation sites excluding steroid dienone is 2. The van der Waals surface area contributed by atoms with E-state index in [1.165, 1.54) is 44.6 Å². The number of anilines is 2. The van der Waals surface area contributed by atoms with Gasteiger partial charge in [0.1, 0.15) is 39.8 Å². The number of ether oxygens (including phenoxy) is 4. The van der Waals surface area contributed by atoms with Gasteiger partial charge in [-0.05, 0) is 56.5 Å². The van der Waals surface area contributed by atoms with E-state index in [0.717, 1.165) is 12.2 Å². The minimum Gasteiger partial charge on any atom is -0.507 e. The van der Waals surface area contributed by atoms with Crippen molar-refractivity contribution in [3.8, 4) is 17.2 Å². The minimum absolute atomic E-state index is 0.0199. The fourth-order valence-electron chi connectivity index (χ4n) is 11.7. The van der Waals surface area contributed by atoms with Gasteiger partial charge in [0.05, 0.1) is 47.6 Å². The predicted octanol–water partition coefficient (Wildman–Crippen LogP) is 6.39. The van der Waals surface area contributed by atoms with E-state index in [1.54, 1.807) is 70.7 Å². The lowest BCUT2D eigenvalue weighted by molar-refractivity contribution is -0.164. The van der Waals surface area contributed by atoms with Gasteiger partial charge in [-0.3, -0.25) is 24.2 Å². The first-order valence-electron chi connectivity index (χ1n) is 27.4. The van der Waals surface area contributed by atoms with E-state index < -0.39 is 88.7 Å². The summed E-state index contributed by atoms with van der Waals surface area (Å²) in [5.41, 5.74) is 0.584. The molecule has 0 aromatic heterocycles. The zero-order valence-electron chi connectivity index (χ0n) is 46.5. The van der Waals surface area contributed by atoms with Gasteiger partial charge in [-0.2, -0.15) is 0 Å². The van der Waals surface area contributed by atoms with Crippen molar-refractivity contribution in [3.63, 3.8) is 0 Å². The van der Waals surface area contributed by atoms with Gasteiger partial charge in [0, 0.05) is 125 Å². The molecule has 5 N–H and O–H groups in total. The smallest absolute Gasteiger partial charge is 0.312 e. The van der Waals surface area contributed by atoms with Crippen LogP contribution in [-0.2, 0) is 28.6 Å². The van der Waals surface area contributed by atoms with Crippen molar-refractivity contribution in [2.45, 2.75) is 130 Å². The predicted molar refractivity (Wildman–Crippen MR) is 291 cm³/mol. The SMILES string of the molecule is CO[C@H]1/C=C/OC2(C)Oc3c(C)c(O)c4c(O)c(c5c(c4c3C2=O)NC2(CCN(CC(C)C)CC2)N=5)=NC(=O)/C(C)=C\C=C\[C@H](C)[C@H](O)[C@@H](C)[C@@H](O)[C@@H](C)[C@H](OC(=O)CCC(=O)N2CCCN(c3ccc(F)cc3)CC2)[C@@H]1C. The molecule has 19 heteroatoms. The van der Waals surface area contributed by atoms with Crippen LogP contribution in [0.4, 0.5) is 15.8 Å². The first-order valence-corrected chi connectivity index (χ1v) is 27.4. The fourth-order valence-corrected chi connectivity index (χ4v) is 11.7. The number of benzene rings is 3. The molecule has 5 bridgehead atoms. The van der Waals surface area contributed by atoms with Gasteiger partial charge in [0.2, 0.25) is 5.91 Å². The molecule has 0 saturated carbocycles. The molecule has 2 amide bonds. The highest BCUT2D eigenvalue weighted by atomic mass is 19.1. The standard InChI is InChI=1S/C59H77FN6O12/c1-32(2)31-64-26-22-59(23-27-64)62-47-44-45-52(71)38(8)55-46(44)56(73)58(9,78-55)76-30-21-41(75-10)35(5)54(77-43(68)20-19-42(67)66-25-12-24-65(28-29-66)40-17-15-39(60)16-18-40)37(7)51(70)36(6)50(69)33(3)13-11-14-34(4)57(74)61-49(53(45)72)48(47)63-59/h11,13-18,21,30,32-33,35-37,41,50-51,54,62,69-72H,12,19-20,22-29,31H2,1-10H3/b13-11+,30-21+,34-14-,61-49?/t33-,35+,36+,37+,41-,50-,51+,54+,58?/m0/s1. The monoisotopic (exact) mass is 1080 g/mol. The number of likely N-dealkylation sites (tertiary alicyclic amines) is 1. The number of phenolic OH excluding ortho intramolecular Hbond substituents is 2. The van der Waals surface area contributed by atoms with Gasteiger partial charge in [0.15, 0.2) is 5.75 Å². The van der Waals surface area contributed by atoms with Gasteiger partial charge >= 0.3 is 11.8 Å². The van der Waals surface area contributed by atoms with E-state index in [9.17, 15) is 44.0 Å². The molecule has 0 aliphatic carbocycles. The Bertz CT molecular complexity index is 3010. The van der Waals surface area contributed by atoms with Gasteiger partial charge in [-0.15, -0.1) is 0 Å². The fraction of sp³-hybridized carbons (Fsp3) is 0.559. The number of fused-ring (bicyclic) bond motifs is 13. The number of hydrogen-bond donors (Lipinski definition) is 5. The molecule has 422 valence electrons. The largest absolute Gasteiger partial charge is 0.507 e. The summed E-state index contributed by atoms with van der Waals surface area (Å²) in [5, 5.41) is 51.5. The lowest BCUT2D eigenvalue weighted by atomic mass is 9.78. The molecule has 2 saturated heterocycles. The summed E-state index contributed by atoms with van der Waals surface area (Å²) in [6, 6.07) is 6.23. The Labute approximate surface area is 455 Å². The van der Waals surface area contributed by atoms with Crippen LogP contribution in [0.5, 0.6) is 17.2 Å². The normalized spacial score (nSPS) is 29.4. The maximum Gasteiger partial charge on any atom is 0.312 e. The number of aromatic hydroxyl groups is 2. The Morgan fingerprint density at radius 2 is 1.59 bits per heavy atom. The summed E-state index contributed by atoms with van der Waals surface area (Å²) in [6.07, 6.45) is 4.69. The number of phenols is 2. The molecule has 9 rings (SSSR count). The van der Waals surface area contributed by atoms with E-state index >= 15 is 0 Å². The van der Waals surface area contributed by atoms with Crippen molar-refractivity contribution in [2.24, 2.45) is 39.6 Å². The Hall–Kier alpha value is -6.41. The molecule has 3 aromatic carbocycles. The summed E-state index contributed by atoms with van der Waals surface area (Å²) >= 11 is 0. The van der Waals surface area contributed by atoms with E-state index in [4.69, 9.17) is 23.9 Å². The molecule has 3 aromatic rings. The summed E-state index contributed by atoms with van der Waals surface area (Å²) in [7, 11) is 1.45. The molecule has 6 heterocycles. The summed E-state index contributed by atoms with van der Waals surface area (Å²) in [6.45, 7) is 20.2. The highest BCUT2D eigenvalue weighted by molar-refractivity contribution is 6.21. The lowest BCUT2D eigenvalue weighted by Gasteiger charge is -2.38. The summed E-state index contributed by atoms with van der Waals surface area (Å²) in [4.78, 5) is 72.3. The maximum atomic E-state index is 15.0. The molecular formula is C59H77FN6O12. The van der Waals surface area contributed by atoms with Crippen LogP contribution in [0, 0.1) is 42.3 Å². The first-order chi connectivity index (χ1) is 37.0. The number of Topliss-reactive ketones (excluding diaryl/α,β-unsaturated/α-hetero) is 1. The summed E-state index contributed by atoms with van der Waals surface area (Å²) < 4.78 is 38.4. The average molecular weight is 1080 g/mol. The zero-order chi connectivity index (χ0) is 56.5. The van der Waals surface area contributed by atoms with Crippen LogP contribution in [0.25, 0.3) is 10.8 Å². The highest BCUT2D eigenvalue weighted by Gasteiger charge is 2.51. The topological polar surface area (TPSA) is 233 Å². The highest BCUT2D eigenvalue weighted by Crippen LogP contribution is 2.51. The number of hydrogen-bond acceptors (Lipinski definition) is 16. The van der Waals surface area contributed by atoms with Gasteiger partial charge in [-0.25, -0.2) is 9.38 Å². The summed E-state index contributed by atoms with van der Waals surface area (Å²) in [5.74, 6) is -7.97. The Morgan fingerprint density at radius 1 is 0.885 bits per heavy atom. The minimum atomic E-state index is -2.02.